The van der Waals surface area contributed by atoms with E-state index in [-0.39, 0.29) is 11.4 Å². The van der Waals surface area contributed by atoms with Gasteiger partial charge in [0.1, 0.15) is 11.9 Å². The molecule has 3 heterocycles. The van der Waals surface area contributed by atoms with E-state index in [9.17, 15) is 4.79 Å². The Morgan fingerprint density at radius 1 is 1.15 bits per heavy atom. The predicted molar refractivity (Wildman–Crippen MR) is 126 cm³/mol. The third kappa shape index (κ3) is 4.36. The maximum Gasteiger partial charge on any atom is 0.249 e. The van der Waals surface area contributed by atoms with E-state index >= 15 is 0 Å². The number of ether oxygens (including phenoxy) is 2. The summed E-state index contributed by atoms with van der Waals surface area (Å²) >= 11 is 0. The number of fused-ring (bicyclic) bond motifs is 2. The summed E-state index contributed by atoms with van der Waals surface area (Å²) < 4.78 is 11.6. The van der Waals surface area contributed by atoms with Crippen LogP contribution in [0.1, 0.15) is 28.7 Å². The molecule has 3 aromatic rings. The van der Waals surface area contributed by atoms with Gasteiger partial charge in [0.15, 0.2) is 0 Å². The predicted octanol–water partition coefficient (Wildman–Crippen LogP) is 3.45. The molecule has 6 nitrogen and oxygen atoms in total. The summed E-state index contributed by atoms with van der Waals surface area (Å²) in [4.78, 5) is 19.4. The summed E-state index contributed by atoms with van der Waals surface area (Å²) in [7, 11) is 1.69. The molecule has 0 saturated carbocycles. The van der Waals surface area contributed by atoms with E-state index in [0.29, 0.717) is 19.6 Å². The van der Waals surface area contributed by atoms with Crippen molar-refractivity contribution in [3.63, 3.8) is 0 Å². The van der Waals surface area contributed by atoms with Gasteiger partial charge in [0, 0.05) is 38.4 Å². The zero-order valence-corrected chi connectivity index (χ0v) is 18.9. The Hall–Kier alpha value is -3.22. The third-order valence-electron chi connectivity index (χ3n) is 6.79. The van der Waals surface area contributed by atoms with E-state index in [2.05, 4.69) is 51.6 Å². The van der Waals surface area contributed by atoms with Crippen LogP contribution in [-0.2, 0) is 34.6 Å². The third-order valence-corrected chi connectivity index (χ3v) is 6.79. The number of carbonyl (C=O) groups is 1. The van der Waals surface area contributed by atoms with E-state index in [1.807, 2.05) is 24.3 Å². The second kappa shape index (κ2) is 9.33. The Labute approximate surface area is 194 Å². The molecule has 1 aromatic heterocycles. The van der Waals surface area contributed by atoms with Crippen LogP contribution in [0.25, 0.3) is 0 Å². The van der Waals surface area contributed by atoms with Crippen LogP contribution in [0.15, 0.2) is 73.1 Å². The van der Waals surface area contributed by atoms with Crippen molar-refractivity contribution in [2.75, 3.05) is 20.3 Å². The number of nitrogens with zero attached hydrogens (tertiary/aromatic N) is 2. The molecule has 2 aliphatic rings. The summed E-state index contributed by atoms with van der Waals surface area (Å²) in [5.74, 6) is 0.819. The van der Waals surface area contributed by atoms with Gasteiger partial charge in [-0.3, -0.25) is 14.7 Å². The minimum absolute atomic E-state index is 0.0355. The van der Waals surface area contributed by atoms with Gasteiger partial charge in [0.05, 0.1) is 19.3 Å². The molecule has 6 heteroatoms. The number of aromatic nitrogens is 1. The van der Waals surface area contributed by atoms with E-state index in [1.54, 1.807) is 19.5 Å². The second-order valence-electron chi connectivity index (χ2n) is 8.80. The number of rotatable bonds is 7. The average molecular weight is 444 g/mol. The molecule has 1 N–H and O–H groups in total. The molecule has 1 fully saturated rings. The summed E-state index contributed by atoms with van der Waals surface area (Å²) in [6.45, 7) is 2.70. The molecular formula is C27H29N3O3. The van der Waals surface area contributed by atoms with Gasteiger partial charge in [-0.05, 0) is 52.9 Å². The first kappa shape index (κ1) is 21.6. The van der Waals surface area contributed by atoms with Crippen LogP contribution in [0.3, 0.4) is 0 Å². The number of hydrogen-bond donors (Lipinski definition) is 1. The van der Waals surface area contributed by atoms with Crippen molar-refractivity contribution >= 4 is 5.91 Å². The van der Waals surface area contributed by atoms with E-state index in [0.717, 1.165) is 30.8 Å². The quantitative estimate of drug-likeness (QED) is 0.606. The summed E-state index contributed by atoms with van der Waals surface area (Å²) in [5, 5.41) is 3.06. The minimum Gasteiger partial charge on any atom is -0.497 e. The molecule has 0 unspecified atom stereocenters. The Kier molecular flexibility index (Phi) is 6.11. The van der Waals surface area contributed by atoms with Crippen molar-refractivity contribution in [2.45, 2.75) is 37.6 Å². The van der Waals surface area contributed by atoms with Crippen molar-refractivity contribution in [3.05, 3.63) is 95.3 Å². The Balaban J connectivity index is 1.30. The van der Waals surface area contributed by atoms with Crippen molar-refractivity contribution in [2.24, 2.45) is 0 Å². The van der Waals surface area contributed by atoms with Crippen LogP contribution >= 0.6 is 0 Å². The molecule has 5 rings (SSSR count). The Bertz CT molecular complexity index is 1120. The fourth-order valence-electron chi connectivity index (χ4n) is 5.07. The lowest BCUT2D eigenvalue weighted by atomic mass is 9.86. The molecule has 1 amide bonds. The van der Waals surface area contributed by atoms with Crippen LogP contribution in [0.5, 0.6) is 5.75 Å². The summed E-state index contributed by atoms with van der Waals surface area (Å²) in [6, 6.07) is 20.7. The maximum atomic E-state index is 13.0. The highest BCUT2D eigenvalue weighted by molar-refractivity contribution is 5.81. The number of amides is 1. The van der Waals surface area contributed by atoms with Crippen LogP contribution in [0.2, 0.25) is 0 Å². The largest absolute Gasteiger partial charge is 0.497 e. The highest BCUT2D eigenvalue weighted by atomic mass is 16.5. The van der Waals surface area contributed by atoms with Gasteiger partial charge in [0.2, 0.25) is 5.91 Å². The molecule has 0 aliphatic carbocycles. The van der Waals surface area contributed by atoms with Crippen molar-refractivity contribution < 1.29 is 14.3 Å². The van der Waals surface area contributed by atoms with E-state index in [4.69, 9.17) is 9.47 Å². The van der Waals surface area contributed by atoms with Crippen LogP contribution in [0.4, 0.5) is 0 Å². The molecule has 2 aliphatic heterocycles. The van der Waals surface area contributed by atoms with Gasteiger partial charge < -0.3 is 14.8 Å². The zero-order valence-electron chi connectivity index (χ0n) is 18.9. The molecule has 2 aromatic carbocycles. The Morgan fingerprint density at radius 3 is 2.85 bits per heavy atom. The van der Waals surface area contributed by atoms with Gasteiger partial charge in [0.25, 0.3) is 0 Å². The van der Waals surface area contributed by atoms with Crippen molar-refractivity contribution in [3.8, 4) is 5.75 Å². The molecule has 170 valence electrons. The Morgan fingerprint density at radius 2 is 2.00 bits per heavy atom. The van der Waals surface area contributed by atoms with E-state index in [1.165, 1.54) is 16.7 Å². The molecular weight excluding hydrogens is 414 g/mol. The summed E-state index contributed by atoms with van der Waals surface area (Å²) in [5.41, 5.74) is 4.63. The zero-order chi connectivity index (χ0) is 22.7. The monoisotopic (exact) mass is 443 g/mol. The van der Waals surface area contributed by atoms with Crippen LogP contribution in [-0.4, -0.2) is 42.2 Å². The lowest BCUT2D eigenvalue weighted by Crippen LogP contribution is -2.42. The fourth-order valence-corrected chi connectivity index (χ4v) is 5.07. The molecule has 1 spiro atoms. The molecule has 33 heavy (non-hydrogen) atoms. The normalized spacial score (nSPS) is 21.8. The standard InChI is InChI=1S/C27H29N3O3/c1-32-23-7-4-5-21(15-23)17-30-18-22-6-2-3-8-24(22)27(30)16-25(33-19-27)26(31)29-14-11-20-9-12-28-13-10-20/h2-10,12-13,15,25H,11,14,16-19H2,1H3,(H,29,31)/t25-,27+/m1/s1. The first-order chi connectivity index (χ1) is 16.2. The number of pyridine rings is 1. The number of nitrogens with one attached hydrogen (secondary N) is 1. The number of carbonyl (C=O) groups excluding carboxylic acids is 1. The lowest BCUT2D eigenvalue weighted by Gasteiger charge is -2.35. The molecule has 2 atom stereocenters. The summed E-state index contributed by atoms with van der Waals surface area (Å²) in [6.07, 6.45) is 4.51. The van der Waals surface area contributed by atoms with Gasteiger partial charge in [-0.25, -0.2) is 0 Å². The topological polar surface area (TPSA) is 63.7 Å². The lowest BCUT2D eigenvalue weighted by molar-refractivity contribution is -0.130. The number of benzene rings is 2. The smallest absolute Gasteiger partial charge is 0.249 e. The van der Waals surface area contributed by atoms with Crippen LogP contribution in [0, 0.1) is 0 Å². The highest BCUT2D eigenvalue weighted by Crippen LogP contribution is 2.47. The second-order valence-corrected chi connectivity index (χ2v) is 8.80. The van der Waals surface area contributed by atoms with Crippen molar-refractivity contribution in [1.82, 2.24) is 15.2 Å². The molecule has 0 bridgehead atoms. The van der Waals surface area contributed by atoms with Crippen LogP contribution < -0.4 is 10.1 Å². The van der Waals surface area contributed by atoms with Gasteiger partial charge in [-0.2, -0.15) is 0 Å². The van der Waals surface area contributed by atoms with E-state index < -0.39 is 6.10 Å². The number of hydrogen-bond acceptors (Lipinski definition) is 5. The maximum absolute atomic E-state index is 13.0. The fraction of sp³-hybridized carbons (Fsp3) is 0.333. The van der Waals surface area contributed by atoms with Gasteiger partial charge in [-0.1, -0.05) is 36.4 Å². The molecule has 0 radical (unpaired) electrons. The SMILES string of the molecule is COc1cccc(CN2Cc3ccccc3[C@]23CO[C@@H](C(=O)NCCc2ccncc2)C3)c1. The first-order valence-electron chi connectivity index (χ1n) is 11.4. The molecule has 1 saturated heterocycles. The van der Waals surface area contributed by atoms with Crippen molar-refractivity contribution in [1.29, 1.82) is 0 Å². The minimum atomic E-state index is -0.457. The van der Waals surface area contributed by atoms with Gasteiger partial charge in [-0.15, -0.1) is 0 Å². The number of methoxy groups -OCH3 is 1. The average Bonchev–Trinajstić information content (AvgIpc) is 3.43. The first-order valence-corrected chi connectivity index (χ1v) is 11.4. The highest BCUT2D eigenvalue weighted by Gasteiger charge is 2.52. The van der Waals surface area contributed by atoms with Gasteiger partial charge >= 0.3 is 0 Å².